The van der Waals surface area contributed by atoms with Crippen LogP contribution in [-0.2, 0) is 5.41 Å². The van der Waals surface area contributed by atoms with E-state index >= 15 is 0 Å². The molecule has 0 unspecified atom stereocenters. The van der Waals surface area contributed by atoms with Crippen LogP contribution in [0, 0.1) is 11.3 Å². The molecule has 1 aromatic heterocycles. The largest absolute Gasteiger partial charge is 0.385 e. The van der Waals surface area contributed by atoms with Gasteiger partial charge in [-0.1, -0.05) is 20.8 Å². The lowest BCUT2D eigenvalue weighted by molar-refractivity contribution is 0.592. The van der Waals surface area contributed by atoms with E-state index in [1.807, 2.05) is 20.8 Å². The van der Waals surface area contributed by atoms with E-state index in [9.17, 15) is 0 Å². The first-order chi connectivity index (χ1) is 5.46. The molecule has 0 radical (unpaired) electrons. The normalized spacial score (nSPS) is 11.2. The molecule has 0 amide bonds. The van der Waals surface area contributed by atoms with Gasteiger partial charge in [-0.3, -0.25) is 0 Å². The number of nitrogens with one attached hydrogen (secondary N) is 1. The zero-order chi connectivity index (χ0) is 9.35. The Morgan fingerprint density at radius 3 is 2.42 bits per heavy atom. The lowest BCUT2D eigenvalue weighted by Crippen LogP contribution is -2.14. The van der Waals surface area contributed by atoms with E-state index < -0.39 is 0 Å². The molecule has 1 heterocycles. The van der Waals surface area contributed by atoms with Gasteiger partial charge in [-0.2, -0.15) is 5.26 Å². The summed E-state index contributed by atoms with van der Waals surface area (Å²) in [6.45, 7) is 6.11. The molecule has 1 aromatic rings. The van der Waals surface area contributed by atoms with E-state index in [0.717, 1.165) is 5.56 Å². The molecule has 0 aliphatic rings. The topological polar surface area (TPSA) is 65.6 Å². The van der Waals surface area contributed by atoms with Gasteiger partial charge in [0.05, 0.1) is 5.56 Å². The zero-order valence-electron chi connectivity index (χ0n) is 7.60. The van der Waals surface area contributed by atoms with Gasteiger partial charge in [0.2, 0.25) is 0 Å². The molecule has 0 aliphatic carbocycles. The van der Waals surface area contributed by atoms with Gasteiger partial charge in [0, 0.05) is 11.8 Å². The highest BCUT2D eigenvalue weighted by Crippen LogP contribution is 2.29. The summed E-state index contributed by atoms with van der Waals surface area (Å²) < 4.78 is 0. The fraction of sp³-hybridized carbons (Fsp3) is 0.444. The molecule has 1 rings (SSSR count). The average Bonchev–Trinajstić information content (AvgIpc) is 2.29. The summed E-state index contributed by atoms with van der Waals surface area (Å²) >= 11 is 0. The number of aromatic amines is 1. The first-order valence-electron chi connectivity index (χ1n) is 3.84. The van der Waals surface area contributed by atoms with Crippen LogP contribution in [0.4, 0.5) is 5.82 Å². The summed E-state index contributed by atoms with van der Waals surface area (Å²) in [5.74, 6) is 0.596. The van der Waals surface area contributed by atoms with Crippen molar-refractivity contribution < 1.29 is 0 Å². The molecule has 0 saturated heterocycles. The van der Waals surface area contributed by atoms with Crippen molar-refractivity contribution in [3.05, 3.63) is 17.3 Å². The Balaban J connectivity index is 3.32. The third-order valence-electron chi connectivity index (χ3n) is 1.78. The maximum absolute atomic E-state index is 8.77. The van der Waals surface area contributed by atoms with Crippen LogP contribution in [0.15, 0.2) is 6.20 Å². The minimum atomic E-state index is -0.0743. The highest BCUT2D eigenvalue weighted by atomic mass is 14.8. The number of nitrogens with zero attached hydrogens (tertiary/aromatic N) is 1. The molecule has 3 N–H and O–H groups in total. The minimum absolute atomic E-state index is 0.0743. The number of aromatic nitrogens is 1. The van der Waals surface area contributed by atoms with Gasteiger partial charge in [0.15, 0.2) is 0 Å². The molecule has 0 aromatic carbocycles. The van der Waals surface area contributed by atoms with Crippen molar-refractivity contribution in [3.8, 4) is 6.07 Å². The molecule has 3 nitrogen and oxygen atoms in total. The second kappa shape index (κ2) is 2.56. The number of nitrogens with two attached hydrogens (primary N) is 1. The number of hydrogen-bond donors (Lipinski definition) is 2. The van der Waals surface area contributed by atoms with Gasteiger partial charge in [-0.15, -0.1) is 0 Å². The number of hydrogen-bond acceptors (Lipinski definition) is 2. The standard InChI is InChI=1S/C9H13N3/c1-9(2,3)7-6(4-10)5-12-8(7)11/h5,12H,11H2,1-3H3. The Labute approximate surface area is 72.2 Å². The van der Waals surface area contributed by atoms with Crippen LogP contribution >= 0.6 is 0 Å². The molecule has 0 saturated carbocycles. The number of nitrogen functional groups attached to an aromatic ring is 1. The van der Waals surface area contributed by atoms with Gasteiger partial charge in [0.1, 0.15) is 11.9 Å². The highest BCUT2D eigenvalue weighted by molar-refractivity contribution is 5.54. The van der Waals surface area contributed by atoms with Crippen molar-refractivity contribution in [2.45, 2.75) is 26.2 Å². The Morgan fingerprint density at radius 2 is 2.08 bits per heavy atom. The molecule has 0 spiro atoms. The summed E-state index contributed by atoms with van der Waals surface area (Å²) in [4.78, 5) is 2.85. The van der Waals surface area contributed by atoms with Crippen LogP contribution in [0.25, 0.3) is 0 Å². The second-order valence-electron chi connectivity index (χ2n) is 3.85. The molecular weight excluding hydrogens is 150 g/mol. The molecule has 64 valence electrons. The lowest BCUT2D eigenvalue weighted by atomic mass is 9.86. The van der Waals surface area contributed by atoms with E-state index in [-0.39, 0.29) is 5.41 Å². The zero-order valence-corrected chi connectivity index (χ0v) is 7.60. The molecule has 12 heavy (non-hydrogen) atoms. The number of nitriles is 1. The monoisotopic (exact) mass is 163 g/mol. The quantitative estimate of drug-likeness (QED) is 0.612. The fourth-order valence-electron chi connectivity index (χ4n) is 1.34. The smallest absolute Gasteiger partial charge is 0.105 e. The molecule has 0 fully saturated rings. The highest BCUT2D eigenvalue weighted by Gasteiger charge is 2.22. The second-order valence-corrected chi connectivity index (χ2v) is 3.85. The average molecular weight is 163 g/mol. The van der Waals surface area contributed by atoms with Gasteiger partial charge in [0.25, 0.3) is 0 Å². The lowest BCUT2D eigenvalue weighted by Gasteiger charge is -2.18. The van der Waals surface area contributed by atoms with Crippen LogP contribution in [-0.4, -0.2) is 4.98 Å². The molecule has 0 atom stereocenters. The summed E-state index contributed by atoms with van der Waals surface area (Å²) in [6.07, 6.45) is 1.65. The van der Waals surface area contributed by atoms with E-state index in [2.05, 4.69) is 11.1 Å². The Bertz CT molecular complexity index is 323. The fourth-order valence-corrected chi connectivity index (χ4v) is 1.34. The number of rotatable bonds is 0. The first-order valence-corrected chi connectivity index (χ1v) is 3.84. The third-order valence-corrected chi connectivity index (χ3v) is 1.78. The predicted molar refractivity (Wildman–Crippen MR) is 48.6 cm³/mol. The minimum Gasteiger partial charge on any atom is -0.385 e. The van der Waals surface area contributed by atoms with E-state index in [1.54, 1.807) is 6.20 Å². The van der Waals surface area contributed by atoms with Crippen LogP contribution in [0.5, 0.6) is 0 Å². The van der Waals surface area contributed by atoms with E-state index in [1.165, 1.54) is 0 Å². The van der Waals surface area contributed by atoms with Crippen molar-refractivity contribution in [1.82, 2.24) is 4.98 Å². The maximum Gasteiger partial charge on any atom is 0.105 e. The van der Waals surface area contributed by atoms with Crippen molar-refractivity contribution in [2.75, 3.05) is 5.73 Å². The summed E-state index contributed by atoms with van der Waals surface area (Å²) in [7, 11) is 0. The van der Waals surface area contributed by atoms with Crippen LogP contribution < -0.4 is 5.73 Å². The number of anilines is 1. The third kappa shape index (κ3) is 1.28. The summed E-state index contributed by atoms with van der Waals surface area (Å²) in [6, 6.07) is 2.11. The SMILES string of the molecule is CC(C)(C)c1c(C#N)c[nH]c1N. The number of H-pyrrole nitrogens is 1. The summed E-state index contributed by atoms with van der Waals surface area (Å²) in [5, 5.41) is 8.77. The van der Waals surface area contributed by atoms with Gasteiger partial charge >= 0.3 is 0 Å². The van der Waals surface area contributed by atoms with Crippen LogP contribution in [0.3, 0.4) is 0 Å². The predicted octanol–water partition coefficient (Wildman–Crippen LogP) is 1.77. The van der Waals surface area contributed by atoms with Crippen LogP contribution in [0.2, 0.25) is 0 Å². The summed E-state index contributed by atoms with van der Waals surface area (Å²) in [5.41, 5.74) is 7.17. The van der Waals surface area contributed by atoms with Crippen molar-refractivity contribution in [1.29, 1.82) is 5.26 Å². The Kier molecular flexibility index (Phi) is 1.85. The van der Waals surface area contributed by atoms with Gasteiger partial charge < -0.3 is 10.7 Å². The molecular formula is C9H13N3. The van der Waals surface area contributed by atoms with Crippen molar-refractivity contribution in [2.24, 2.45) is 0 Å². The Morgan fingerprint density at radius 1 is 1.50 bits per heavy atom. The van der Waals surface area contributed by atoms with Crippen molar-refractivity contribution in [3.63, 3.8) is 0 Å². The first kappa shape index (κ1) is 8.66. The van der Waals surface area contributed by atoms with E-state index in [4.69, 9.17) is 11.0 Å². The van der Waals surface area contributed by atoms with Gasteiger partial charge in [-0.05, 0) is 5.41 Å². The molecule has 0 aliphatic heterocycles. The molecule has 0 bridgehead atoms. The van der Waals surface area contributed by atoms with Crippen LogP contribution in [0.1, 0.15) is 31.9 Å². The maximum atomic E-state index is 8.77. The Hall–Kier alpha value is -1.43. The van der Waals surface area contributed by atoms with Crippen molar-refractivity contribution >= 4 is 5.82 Å². The van der Waals surface area contributed by atoms with Gasteiger partial charge in [-0.25, -0.2) is 0 Å². The molecule has 3 heteroatoms. The van der Waals surface area contributed by atoms with E-state index in [0.29, 0.717) is 11.4 Å².